The van der Waals surface area contributed by atoms with E-state index in [1.54, 1.807) is 11.9 Å². The Morgan fingerprint density at radius 2 is 2.56 bits per heavy atom. The summed E-state index contributed by atoms with van der Waals surface area (Å²) >= 11 is 1.70. The molecule has 0 aromatic rings. The topological polar surface area (TPSA) is 20.3 Å². The van der Waals surface area contributed by atoms with Gasteiger partial charge in [-0.05, 0) is 24.8 Å². The molecule has 0 radical (unpaired) electrons. The van der Waals surface area contributed by atoms with Crippen molar-refractivity contribution in [2.45, 2.75) is 12.8 Å². The van der Waals surface area contributed by atoms with Crippen LogP contribution in [0.3, 0.4) is 0 Å². The summed E-state index contributed by atoms with van der Waals surface area (Å²) in [6.07, 6.45) is 2.34. The van der Waals surface area contributed by atoms with Crippen LogP contribution in [0.2, 0.25) is 0 Å². The van der Waals surface area contributed by atoms with Gasteiger partial charge in [-0.15, -0.1) is 0 Å². The number of piperidine rings is 1. The van der Waals surface area contributed by atoms with Crippen LogP contribution in [-0.4, -0.2) is 22.5 Å². The Balaban J connectivity index is 2.19. The molecule has 2 fully saturated rings. The largest absolute Gasteiger partial charge is 0.286 e. The van der Waals surface area contributed by atoms with Crippen molar-refractivity contribution in [3.63, 3.8) is 0 Å². The summed E-state index contributed by atoms with van der Waals surface area (Å²) in [7, 11) is 0. The predicted molar refractivity (Wildman–Crippen MR) is 36.9 cm³/mol. The van der Waals surface area contributed by atoms with E-state index >= 15 is 0 Å². The highest BCUT2D eigenvalue weighted by Crippen LogP contribution is 2.33. The van der Waals surface area contributed by atoms with Crippen LogP contribution in [0.1, 0.15) is 12.8 Å². The van der Waals surface area contributed by atoms with E-state index in [4.69, 9.17) is 0 Å². The van der Waals surface area contributed by atoms with Gasteiger partial charge in [0.15, 0.2) is 0 Å². The van der Waals surface area contributed by atoms with Crippen molar-refractivity contribution in [3.05, 3.63) is 0 Å². The van der Waals surface area contributed by atoms with Gasteiger partial charge in [0.25, 0.3) is 0 Å². The third-order valence-electron chi connectivity index (χ3n) is 1.94. The predicted octanol–water partition coefficient (Wildman–Crippen LogP) is 0.887. The molecule has 2 saturated heterocycles. The van der Waals surface area contributed by atoms with Crippen molar-refractivity contribution in [1.29, 1.82) is 0 Å². The zero-order chi connectivity index (χ0) is 6.27. The zero-order valence-electron chi connectivity index (χ0n) is 5.17. The van der Waals surface area contributed by atoms with Gasteiger partial charge in [-0.2, -0.15) is 0 Å². The first-order valence-electron chi connectivity index (χ1n) is 3.32. The Bertz CT molecular complexity index is 130. The molecule has 0 saturated carbocycles. The van der Waals surface area contributed by atoms with E-state index in [2.05, 4.69) is 0 Å². The Hall–Kier alpha value is -0.180. The van der Waals surface area contributed by atoms with E-state index in [0.717, 1.165) is 18.7 Å². The highest BCUT2D eigenvalue weighted by molar-refractivity contribution is 7.98. The van der Waals surface area contributed by atoms with Crippen molar-refractivity contribution in [2.75, 3.05) is 12.3 Å². The molecule has 1 atom stereocenters. The standard InChI is InChI=1S/C6H9NOS/c8-6-5-2-1-3-7(6)9-4-5/h5H,1-4H2. The fourth-order valence-corrected chi connectivity index (χ4v) is 2.58. The molecule has 2 aliphatic heterocycles. The summed E-state index contributed by atoms with van der Waals surface area (Å²) in [4.78, 5) is 11.1. The second kappa shape index (κ2) is 1.90. The molecule has 50 valence electrons. The van der Waals surface area contributed by atoms with E-state index in [1.807, 2.05) is 4.31 Å². The summed E-state index contributed by atoms with van der Waals surface area (Å²) in [5.41, 5.74) is 0. The molecule has 1 unspecified atom stereocenters. The number of carbonyl (C=O) groups is 1. The maximum absolute atomic E-state index is 11.1. The van der Waals surface area contributed by atoms with Crippen molar-refractivity contribution < 1.29 is 4.79 Å². The minimum atomic E-state index is 0.378. The first-order chi connectivity index (χ1) is 4.38. The number of carbonyl (C=O) groups excluding carboxylic acids is 1. The SMILES string of the molecule is O=C1C2CCCN1SC2. The lowest BCUT2D eigenvalue weighted by molar-refractivity contribution is -0.130. The second-order valence-electron chi connectivity index (χ2n) is 2.58. The number of hydrogen-bond acceptors (Lipinski definition) is 2. The number of rotatable bonds is 0. The van der Waals surface area contributed by atoms with Gasteiger partial charge in [-0.25, -0.2) is 0 Å². The molecule has 1 amide bonds. The van der Waals surface area contributed by atoms with Crippen molar-refractivity contribution >= 4 is 17.9 Å². The molecule has 9 heavy (non-hydrogen) atoms. The van der Waals surface area contributed by atoms with Crippen LogP contribution in [0.15, 0.2) is 0 Å². The quantitative estimate of drug-likeness (QED) is 0.469. The molecule has 3 heteroatoms. The Labute approximate surface area is 58.7 Å². The average Bonchev–Trinajstić information content (AvgIpc) is 2.19. The summed E-state index contributed by atoms with van der Waals surface area (Å²) in [6, 6.07) is 0. The van der Waals surface area contributed by atoms with Gasteiger partial charge in [-0.3, -0.25) is 9.10 Å². The maximum Gasteiger partial charge on any atom is 0.236 e. The van der Waals surface area contributed by atoms with Gasteiger partial charge in [0, 0.05) is 18.2 Å². The van der Waals surface area contributed by atoms with Crippen LogP contribution in [0.5, 0.6) is 0 Å². The molecule has 2 bridgehead atoms. The summed E-state index contributed by atoms with van der Waals surface area (Å²) in [5, 5.41) is 0. The van der Waals surface area contributed by atoms with Crippen molar-refractivity contribution in [1.82, 2.24) is 4.31 Å². The Morgan fingerprint density at radius 1 is 1.67 bits per heavy atom. The fourth-order valence-electron chi connectivity index (χ4n) is 1.38. The van der Waals surface area contributed by atoms with E-state index in [-0.39, 0.29) is 0 Å². The van der Waals surface area contributed by atoms with Crippen molar-refractivity contribution in [2.24, 2.45) is 5.92 Å². The van der Waals surface area contributed by atoms with Crippen LogP contribution < -0.4 is 0 Å². The number of hydrogen-bond donors (Lipinski definition) is 0. The van der Waals surface area contributed by atoms with Crippen LogP contribution in [0.4, 0.5) is 0 Å². The van der Waals surface area contributed by atoms with Gasteiger partial charge in [-0.1, -0.05) is 0 Å². The normalized spacial score (nSPS) is 33.6. The van der Waals surface area contributed by atoms with Crippen molar-refractivity contribution in [3.8, 4) is 0 Å². The number of fused-ring (bicyclic) bond motifs is 2. The first-order valence-corrected chi connectivity index (χ1v) is 4.26. The third kappa shape index (κ3) is 0.748. The summed E-state index contributed by atoms with van der Waals surface area (Å²) in [6.45, 7) is 0.986. The van der Waals surface area contributed by atoms with Gasteiger partial charge in [0.05, 0.1) is 0 Å². The van der Waals surface area contributed by atoms with Gasteiger partial charge in [0.1, 0.15) is 0 Å². The van der Waals surface area contributed by atoms with Gasteiger partial charge in [0.2, 0.25) is 5.91 Å². The highest BCUT2D eigenvalue weighted by Gasteiger charge is 2.35. The minimum Gasteiger partial charge on any atom is -0.286 e. The molecule has 2 aliphatic rings. The molecule has 2 rings (SSSR count). The lowest BCUT2D eigenvalue weighted by Gasteiger charge is -2.19. The molecule has 0 aliphatic carbocycles. The first kappa shape index (κ1) is 5.59. The molecular weight excluding hydrogens is 134 g/mol. The Morgan fingerprint density at radius 3 is 3.22 bits per heavy atom. The second-order valence-corrected chi connectivity index (χ2v) is 3.61. The summed E-state index contributed by atoms with van der Waals surface area (Å²) < 4.78 is 1.91. The minimum absolute atomic E-state index is 0.378. The van der Waals surface area contributed by atoms with Crippen LogP contribution in [0.25, 0.3) is 0 Å². The van der Waals surface area contributed by atoms with E-state index in [9.17, 15) is 4.79 Å². The zero-order valence-corrected chi connectivity index (χ0v) is 5.99. The molecule has 0 N–H and O–H groups in total. The van der Waals surface area contributed by atoms with E-state index in [0.29, 0.717) is 11.8 Å². The molecule has 0 aromatic heterocycles. The molecule has 0 spiro atoms. The maximum atomic E-state index is 11.1. The highest BCUT2D eigenvalue weighted by atomic mass is 32.2. The number of nitrogens with zero attached hydrogens (tertiary/aromatic N) is 1. The lowest BCUT2D eigenvalue weighted by atomic mass is 10.0. The average molecular weight is 143 g/mol. The lowest BCUT2D eigenvalue weighted by Crippen LogP contribution is -2.29. The van der Waals surface area contributed by atoms with Crippen LogP contribution in [0, 0.1) is 5.92 Å². The third-order valence-corrected chi connectivity index (χ3v) is 3.17. The van der Waals surface area contributed by atoms with E-state index in [1.165, 1.54) is 6.42 Å². The Kier molecular flexibility index (Phi) is 1.18. The smallest absolute Gasteiger partial charge is 0.236 e. The fraction of sp³-hybridized carbons (Fsp3) is 0.833. The van der Waals surface area contributed by atoms with Gasteiger partial charge >= 0.3 is 0 Å². The van der Waals surface area contributed by atoms with Crippen LogP contribution >= 0.6 is 11.9 Å². The number of amides is 1. The summed E-state index contributed by atoms with van der Waals surface area (Å²) in [5.74, 6) is 1.80. The van der Waals surface area contributed by atoms with E-state index < -0.39 is 0 Å². The monoisotopic (exact) mass is 143 g/mol. The molecule has 2 heterocycles. The van der Waals surface area contributed by atoms with Crippen LogP contribution in [-0.2, 0) is 4.79 Å². The van der Waals surface area contributed by atoms with Gasteiger partial charge < -0.3 is 0 Å². The molecule has 0 aromatic carbocycles. The molecule has 2 nitrogen and oxygen atoms in total. The molecular formula is C6H9NOS.